The molecule has 1 heterocycles. The molecule has 7 nitrogen and oxygen atoms in total. The Hall–Kier alpha value is -2.57. The molecular formula is C22H31NO6. The Balaban J connectivity index is 1.75. The Kier molecular flexibility index (Phi) is 7.65. The molecule has 1 atom stereocenters. The molecule has 160 valence electrons. The summed E-state index contributed by atoms with van der Waals surface area (Å²) in [7, 11) is 0. The minimum atomic E-state index is -0.779. The van der Waals surface area contributed by atoms with Crippen molar-refractivity contribution in [3.8, 4) is 5.75 Å². The van der Waals surface area contributed by atoms with Crippen molar-refractivity contribution in [1.29, 1.82) is 0 Å². The zero-order valence-corrected chi connectivity index (χ0v) is 17.9. The molecule has 1 unspecified atom stereocenters. The lowest BCUT2D eigenvalue weighted by molar-refractivity contribution is -0.153. The average molecular weight is 405 g/mol. The van der Waals surface area contributed by atoms with Crippen molar-refractivity contribution < 1.29 is 28.6 Å². The maximum Gasteiger partial charge on any atom is 0.410 e. The molecule has 1 aromatic rings. The number of carbonyl (C=O) groups excluding carboxylic acids is 3. The summed E-state index contributed by atoms with van der Waals surface area (Å²) in [5.41, 5.74) is 0.0172. The average Bonchev–Trinajstić information content (AvgIpc) is 2.65. The normalized spacial score (nSPS) is 16.1. The van der Waals surface area contributed by atoms with E-state index in [1.165, 1.54) is 6.92 Å². The Morgan fingerprint density at radius 3 is 2.41 bits per heavy atom. The van der Waals surface area contributed by atoms with E-state index in [9.17, 15) is 14.4 Å². The largest absolute Gasteiger partial charge is 0.479 e. The first kappa shape index (κ1) is 22.7. The van der Waals surface area contributed by atoms with Crippen LogP contribution in [0.25, 0.3) is 0 Å². The minimum absolute atomic E-state index is 0.0663. The number of likely N-dealkylation sites (tertiary alicyclic amines) is 1. The van der Waals surface area contributed by atoms with E-state index in [1.54, 1.807) is 36.1 Å². The molecule has 1 aliphatic heterocycles. The molecule has 1 aliphatic rings. The lowest BCUT2D eigenvalue weighted by Crippen LogP contribution is -2.42. The van der Waals surface area contributed by atoms with Crippen LogP contribution in [-0.4, -0.2) is 54.1 Å². The summed E-state index contributed by atoms with van der Waals surface area (Å²) >= 11 is 0. The molecule has 1 amide bonds. The third-order valence-corrected chi connectivity index (χ3v) is 4.61. The maximum atomic E-state index is 12.2. The van der Waals surface area contributed by atoms with Gasteiger partial charge in [0.2, 0.25) is 0 Å². The molecule has 1 fully saturated rings. The molecule has 7 heteroatoms. The van der Waals surface area contributed by atoms with Crippen LogP contribution < -0.4 is 4.74 Å². The Morgan fingerprint density at radius 2 is 1.83 bits per heavy atom. The van der Waals surface area contributed by atoms with Gasteiger partial charge in [-0.25, -0.2) is 9.59 Å². The molecule has 2 rings (SSSR count). The van der Waals surface area contributed by atoms with E-state index in [-0.39, 0.29) is 17.8 Å². The molecule has 0 N–H and O–H groups in total. The van der Waals surface area contributed by atoms with Gasteiger partial charge in [0, 0.05) is 18.7 Å². The molecule has 29 heavy (non-hydrogen) atoms. The summed E-state index contributed by atoms with van der Waals surface area (Å²) in [6.45, 7) is 10.1. The Bertz CT molecular complexity index is 731. The van der Waals surface area contributed by atoms with Crippen molar-refractivity contribution in [2.24, 2.45) is 5.92 Å². The van der Waals surface area contributed by atoms with Crippen LogP contribution in [0.15, 0.2) is 24.3 Å². The summed E-state index contributed by atoms with van der Waals surface area (Å²) in [6, 6.07) is 6.71. The van der Waals surface area contributed by atoms with Crippen LogP contribution in [0, 0.1) is 5.92 Å². The van der Waals surface area contributed by atoms with E-state index in [0.29, 0.717) is 31.0 Å². The van der Waals surface area contributed by atoms with Crippen molar-refractivity contribution >= 4 is 17.8 Å². The number of carbonyl (C=O) groups is 3. The summed E-state index contributed by atoms with van der Waals surface area (Å²) in [6.07, 6.45) is 0.423. The highest BCUT2D eigenvalue weighted by Crippen LogP contribution is 2.21. The van der Waals surface area contributed by atoms with Crippen molar-refractivity contribution in [2.75, 3.05) is 19.7 Å². The van der Waals surface area contributed by atoms with Gasteiger partial charge in [-0.3, -0.25) is 4.79 Å². The van der Waals surface area contributed by atoms with Gasteiger partial charge in [0.05, 0.1) is 6.61 Å². The van der Waals surface area contributed by atoms with Gasteiger partial charge >= 0.3 is 12.1 Å². The zero-order chi connectivity index (χ0) is 21.6. The fraction of sp³-hybridized carbons (Fsp3) is 0.591. The summed E-state index contributed by atoms with van der Waals surface area (Å²) < 4.78 is 16.4. The molecule has 1 aromatic carbocycles. The van der Waals surface area contributed by atoms with Crippen molar-refractivity contribution in [3.63, 3.8) is 0 Å². The molecule has 0 spiro atoms. The van der Waals surface area contributed by atoms with Gasteiger partial charge in [-0.15, -0.1) is 0 Å². The molecule has 0 radical (unpaired) electrons. The van der Waals surface area contributed by atoms with Gasteiger partial charge in [0.25, 0.3) is 0 Å². The van der Waals surface area contributed by atoms with E-state index in [2.05, 4.69) is 0 Å². The number of rotatable bonds is 6. The Morgan fingerprint density at radius 1 is 1.17 bits per heavy atom. The number of hydrogen-bond donors (Lipinski definition) is 0. The number of esters is 1. The highest BCUT2D eigenvalue weighted by Gasteiger charge is 2.28. The van der Waals surface area contributed by atoms with Gasteiger partial charge in [-0.1, -0.05) is 12.1 Å². The van der Waals surface area contributed by atoms with E-state index in [4.69, 9.17) is 14.2 Å². The summed E-state index contributed by atoms with van der Waals surface area (Å²) in [5.74, 6) is 0.134. The van der Waals surface area contributed by atoms with Crippen molar-refractivity contribution in [2.45, 2.75) is 59.2 Å². The first-order valence-electron chi connectivity index (χ1n) is 9.97. The quantitative estimate of drug-likeness (QED) is 0.528. The molecule has 0 saturated carbocycles. The highest BCUT2D eigenvalue weighted by molar-refractivity contribution is 5.94. The van der Waals surface area contributed by atoms with Crippen molar-refractivity contribution in [3.05, 3.63) is 29.8 Å². The topological polar surface area (TPSA) is 82.1 Å². The smallest absolute Gasteiger partial charge is 0.410 e. The molecule has 0 aliphatic carbocycles. The van der Waals surface area contributed by atoms with Gasteiger partial charge in [0.15, 0.2) is 11.9 Å². The predicted octanol–water partition coefficient (Wildman–Crippen LogP) is 3.85. The third kappa shape index (κ3) is 7.40. The van der Waals surface area contributed by atoms with Crippen LogP contribution >= 0.6 is 0 Å². The second-order valence-electron chi connectivity index (χ2n) is 8.38. The fourth-order valence-corrected chi connectivity index (χ4v) is 2.97. The monoisotopic (exact) mass is 405 g/mol. The number of benzene rings is 1. The van der Waals surface area contributed by atoms with Gasteiger partial charge in [-0.2, -0.15) is 0 Å². The number of ether oxygens (including phenoxy) is 3. The SMILES string of the molecule is CC(=O)c1cccc(OC(C)C(=O)OCC2CCN(C(=O)OC(C)(C)C)CC2)c1. The third-order valence-electron chi connectivity index (χ3n) is 4.61. The van der Waals surface area contributed by atoms with E-state index in [0.717, 1.165) is 12.8 Å². The second kappa shape index (κ2) is 9.76. The summed E-state index contributed by atoms with van der Waals surface area (Å²) in [4.78, 5) is 37.5. The van der Waals surface area contributed by atoms with Gasteiger partial charge < -0.3 is 19.1 Å². The number of ketones is 1. The van der Waals surface area contributed by atoms with Crippen molar-refractivity contribution in [1.82, 2.24) is 4.90 Å². The molecule has 0 bridgehead atoms. The van der Waals surface area contributed by atoms with Crippen LogP contribution in [0.1, 0.15) is 57.8 Å². The predicted molar refractivity (Wildman–Crippen MR) is 108 cm³/mol. The van der Waals surface area contributed by atoms with E-state index in [1.807, 2.05) is 20.8 Å². The lowest BCUT2D eigenvalue weighted by atomic mass is 9.98. The number of nitrogens with zero attached hydrogens (tertiary/aromatic N) is 1. The fourth-order valence-electron chi connectivity index (χ4n) is 2.97. The highest BCUT2D eigenvalue weighted by atomic mass is 16.6. The number of Topliss-reactive ketones (excluding diaryl/α,β-unsaturated/α-hetero) is 1. The van der Waals surface area contributed by atoms with Crippen LogP contribution in [0.4, 0.5) is 4.79 Å². The van der Waals surface area contributed by atoms with Crippen LogP contribution in [0.5, 0.6) is 5.75 Å². The zero-order valence-electron chi connectivity index (χ0n) is 17.9. The minimum Gasteiger partial charge on any atom is -0.479 e. The lowest BCUT2D eigenvalue weighted by Gasteiger charge is -2.33. The second-order valence-corrected chi connectivity index (χ2v) is 8.38. The molecule has 0 aromatic heterocycles. The van der Waals surface area contributed by atoms with Gasteiger partial charge in [-0.05, 0) is 65.5 Å². The first-order valence-corrected chi connectivity index (χ1v) is 9.97. The van der Waals surface area contributed by atoms with Gasteiger partial charge in [0.1, 0.15) is 11.4 Å². The van der Waals surface area contributed by atoms with Crippen LogP contribution in [0.3, 0.4) is 0 Å². The first-order chi connectivity index (χ1) is 13.5. The maximum absolute atomic E-state index is 12.2. The molecule has 1 saturated heterocycles. The van der Waals surface area contributed by atoms with Crippen LogP contribution in [-0.2, 0) is 14.3 Å². The molecular weight excluding hydrogens is 374 g/mol. The van der Waals surface area contributed by atoms with E-state index < -0.39 is 17.7 Å². The van der Waals surface area contributed by atoms with E-state index >= 15 is 0 Å². The number of hydrogen-bond acceptors (Lipinski definition) is 6. The number of amides is 1. The summed E-state index contributed by atoms with van der Waals surface area (Å²) in [5, 5.41) is 0. The Labute approximate surface area is 172 Å². The van der Waals surface area contributed by atoms with Crippen LogP contribution in [0.2, 0.25) is 0 Å². The standard InChI is InChI=1S/C22H31NO6/c1-15(24)18-7-6-8-19(13-18)28-16(2)20(25)27-14-17-9-11-23(12-10-17)21(26)29-22(3,4)5/h6-8,13,16-17H,9-12,14H2,1-5H3. The number of piperidine rings is 1.